The average Bonchev–Trinajstić information content (AvgIpc) is 2.84. The van der Waals surface area contributed by atoms with Crippen molar-refractivity contribution in [1.29, 1.82) is 0 Å². The molecule has 2 rings (SSSR count). The van der Waals surface area contributed by atoms with Crippen molar-refractivity contribution in [1.82, 2.24) is 15.1 Å². The number of carbonyl (C=O) groups excluding carboxylic acids is 1. The Morgan fingerprint density at radius 1 is 1.37 bits per heavy atom. The summed E-state index contributed by atoms with van der Waals surface area (Å²) in [7, 11) is 1.85. The maximum Gasteiger partial charge on any atom is 0.229 e. The van der Waals surface area contributed by atoms with Crippen molar-refractivity contribution in [3.05, 3.63) is 53.9 Å². The second kappa shape index (κ2) is 6.15. The fraction of sp³-hybridized carbons (Fsp3) is 0.286. The van der Waals surface area contributed by atoms with Gasteiger partial charge in [0.2, 0.25) is 5.91 Å². The first kappa shape index (κ1) is 13.3. The largest absolute Gasteiger partial charge is 0.350 e. The van der Waals surface area contributed by atoms with Crippen molar-refractivity contribution in [2.24, 2.45) is 12.8 Å². The summed E-state index contributed by atoms with van der Waals surface area (Å²) in [4.78, 5) is 12.1. The molecule has 0 saturated carbocycles. The molecular formula is C14H18N4O. The van der Waals surface area contributed by atoms with Crippen molar-refractivity contribution >= 4 is 5.91 Å². The van der Waals surface area contributed by atoms with Crippen LogP contribution in [-0.2, 0) is 18.4 Å². The number of aromatic nitrogens is 2. The molecule has 1 heterocycles. The van der Waals surface area contributed by atoms with Gasteiger partial charge < -0.3 is 11.1 Å². The third-order valence-electron chi connectivity index (χ3n) is 2.97. The number of hydrogen-bond donors (Lipinski definition) is 2. The summed E-state index contributed by atoms with van der Waals surface area (Å²) in [6.07, 6.45) is 1.85. The van der Waals surface area contributed by atoms with Crippen molar-refractivity contribution in [3.63, 3.8) is 0 Å². The molecular weight excluding hydrogens is 240 g/mol. The van der Waals surface area contributed by atoms with Crippen molar-refractivity contribution in [2.75, 3.05) is 6.54 Å². The molecule has 1 aromatic carbocycles. The van der Waals surface area contributed by atoms with Crippen LogP contribution in [-0.4, -0.2) is 22.2 Å². The zero-order valence-electron chi connectivity index (χ0n) is 10.9. The van der Waals surface area contributed by atoms with Crippen LogP contribution in [0.2, 0.25) is 0 Å². The zero-order chi connectivity index (χ0) is 13.7. The van der Waals surface area contributed by atoms with E-state index in [0.29, 0.717) is 6.54 Å². The van der Waals surface area contributed by atoms with E-state index in [1.807, 2.05) is 49.6 Å². The van der Waals surface area contributed by atoms with Gasteiger partial charge in [-0.1, -0.05) is 30.3 Å². The van der Waals surface area contributed by atoms with Gasteiger partial charge in [0.05, 0.1) is 18.2 Å². The zero-order valence-corrected chi connectivity index (χ0v) is 10.9. The van der Waals surface area contributed by atoms with Crippen LogP contribution in [0.3, 0.4) is 0 Å². The molecule has 1 unspecified atom stereocenters. The highest BCUT2D eigenvalue weighted by Crippen LogP contribution is 2.14. The fourth-order valence-corrected chi connectivity index (χ4v) is 1.94. The molecule has 100 valence electrons. The summed E-state index contributed by atoms with van der Waals surface area (Å²) >= 11 is 0. The molecule has 1 atom stereocenters. The Kier molecular flexibility index (Phi) is 4.30. The quantitative estimate of drug-likeness (QED) is 0.832. The van der Waals surface area contributed by atoms with Gasteiger partial charge in [0.1, 0.15) is 0 Å². The predicted molar refractivity (Wildman–Crippen MR) is 73.3 cm³/mol. The van der Waals surface area contributed by atoms with Crippen molar-refractivity contribution < 1.29 is 4.79 Å². The molecule has 0 spiro atoms. The number of nitrogens with zero attached hydrogens (tertiary/aromatic N) is 2. The number of rotatable bonds is 5. The lowest BCUT2D eigenvalue weighted by Gasteiger charge is -2.14. The summed E-state index contributed by atoms with van der Waals surface area (Å²) in [6, 6.07) is 11.4. The van der Waals surface area contributed by atoms with E-state index in [1.54, 1.807) is 4.68 Å². The molecule has 0 saturated heterocycles. The topological polar surface area (TPSA) is 72.9 Å². The summed E-state index contributed by atoms with van der Waals surface area (Å²) < 4.78 is 1.71. The van der Waals surface area contributed by atoms with Gasteiger partial charge >= 0.3 is 0 Å². The van der Waals surface area contributed by atoms with Gasteiger partial charge in [0.25, 0.3) is 0 Å². The van der Waals surface area contributed by atoms with Crippen molar-refractivity contribution in [3.8, 4) is 0 Å². The minimum atomic E-state index is -0.315. The van der Waals surface area contributed by atoms with E-state index >= 15 is 0 Å². The third-order valence-corrected chi connectivity index (χ3v) is 2.97. The monoisotopic (exact) mass is 258 g/mol. The van der Waals surface area contributed by atoms with E-state index in [2.05, 4.69) is 10.4 Å². The summed E-state index contributed by atoms with van der Waals surface area (Å²) in [5, 5.41) is 7.08. The first-order valence-corrected chi connectivity index (χ1v) is 6.22. The minimum Gasteiger partial charge on any atom is -0.350 e. The standard InChI is InChI=1S/C14H18N4O/c1-18-8-7-12(17-18)10-16-14(19)13(9-15)11-5-3-2-4-6-11/h2-8,13H,9-10,15H2,1H3,(H,16,19). The number of hydrogen-bond acceptors (Lipinski definition) is 3. The van der Waals surface area contributed by atoms with Gasteiger partial charge in [-0.15, -0.1) is 0 Å². The van der Waals surface area contributed by atoms with E-state index in [0.717, 1.165) is 11.3 Å². The number of nitrogens with two attached hydrogens (primary N) is 1. The molecule has 0 aliphatic carbocycles. The lowest BCUT2D eigenvalue weighted by molar-refractivity contribution is -0.122. The van der Waals surface area contributed by atoms with Crippen LogP contribution >= 0.6 is 0 Å². The maximum absolute atomic E-state index is 12.1. The summed E-state index contributed by atoms with van der Waals surface area (Å²) in [5.41, 5.74) is 7.47. The van der Waals surface area contributed by atoms with E-state index in [4.69, 9.17) is 5.73 Å². The van der Waals surface area contributed by atoms with Gasteiger partial charge in [0.15, 0.2) is 0 Å². The Hall–Kier alpha value is -2.14. The molecule has 1 amide bonds. The van der Waals surface area contributed by atoms with Crippen LogP contribution < -0.4 is 11.1 Å². The molecule has 19 heavy (non-hydrogen) atoms. The molecule has 0 bridgehead atoms. The van der Waals surface area contributed by atoms with Crippen LogP contribution in [0.25, 0.3) is 0 Å². The Balaban J connectivity index is 1.98. The molecule has 0 fully saturated rings. The maximum atomic E-state index is 12.1. The highest BCUT2D eigenvalue weighted by atomic mass is 16.1. The molecule has 3 N–H and O–H groups in total. The van der Waals surface area contributed by atoms with E-state index in [9.17, 15) is 4.79 Å². The second-order valence-electron chi connectivity index (χ2n) is 4.40. The van der Waals surface area contributed by atoms with Gasteiger partial charge in [0, 0.05) is 19.8 Å². The first-order chi connectivity index (χ1) is 9.20. The number of nitrogens with one attached hydrogen (secondary N) is 1. The number of benzene rings is 1. The predicted octanol–water partition coefficient (Wildman–Crippen LogP) is 0.779. The third kappa shape index (κ3) is 3.42. The molecule has 5 nitrogen and oxygen atoms in total. The van der Waals surface area contributed by atoms with Crippen LogP contribution in [0.5, 0.6) is 0 Å². The molecule has 2 aromatic rings. The molecule has 0 aliphatic rings. The highest BCUT2D eigenvalue weighted by Gasteiger charge is 2.18. The van der Waals surface area contributed by atoms with Crippen LogP contribution in [0.4, 0.5) is 0 Å². The van der Waals surface area contributed by atoms with E-state index in [1.165, 1.54) is 0 Å². The molecule has 1 aromatic heterocycles. The fourth-order valence-electron chi connectivity index (χ4n) is 1.94. The number of carbonyl (C=O) groups is 1. The van der Waals surface area contributed by atoms with Gasteiger partial charge in [-0.2, -0.15) is 5.10 Å². The summed E-state index contributed by atoms with van der Waals surface area (Å²) in [6.45, 7) is 0.709. The molecule has 5 heteroatoms. The smallest absolute Gasteiger partial charge is 0.229 e. The first-order valence-electron chi connectivity index (χ1n) is 6.22. The minimum absolute atomic E-state index is 0.0700. The normalized spacial score (nSPS) is 12.1. The Morgan fingerprint density at radius 2 is 2.11 bits per heavy atom. The van der Waals surface area contributed by atoms with Gasteiger partial charge in [-0.3, -0.25) is 9.48 Å². The lowest BCUT2D eigenvalue weighted by atomic mass is 9.98. The Labute approximate surface area is 112 Å². The Bertz CT molecular complexity index is 535. The number of aryl methyl sites for hydroxylation is 1. The second-order valence-corrected chi connectivity index (χ2v) is 4.40. The Morgan fingerprint density at radius 3 is 2.68 bits per heavy atom. The van der Waals surface area contributed by atoms with Crippen LogP contribution in [0.1, 0.15) is 17.2 Å². The molecule has 0 aliphatic heterocycles. The molecule has 0 radical (unpaired) electrons. The highest BCUT2D eigenvalue weighted by molar-refractivity contribution is 5.83. The average molecular weight is 258 g/mol. The van der Waals surface area contributed by atoms with Crippen molar-refractivity contribution in [2.45, 2.75) is 12.5 Å². The van der Waals surface area contributed by atoms with Gasteiger partial charge in [-0.05, 0) is 11.6 Å². The van der Waals surface area contributed by atoms with E-state index < -0.39 is 0 Å². The summed E-state index contributed by atoms with van der Waals surface area (Å²) in [5.74, 6) is -0.385. The number of amides is 1. The van der Waals surface area contributed by atoms with Gasteiger partial charge in [-0.25, -0.2) is 0 Å². The van der Waals surface area contributed by atoms with E-state index in [-0.39, 0.29) is 18.4 Å². The SMILES string of the molecule is Cn1ccc(CNC(=O)C(CN)c2ccccc2)n1. The lowest BCUT2D eigenvalue weighted by Crippen LogP contribution is -2.33. The van der Waals surface area contributed by atoms with Crippen LogP contribution in [0.15, 0.2) is 42.6 Å². The van der Waals surface area contributed by atoms with Crippen LogP contribution in [0, 0.1) is 0 Å².